The first kappa shape index (κ1) is 27.4. The quantitative estimate of drug-likeness (QED) is 0.264. The smallest absolute Gasteiger partial charge is 0.219 e. The van der Waals surface area contributed by atoms with E-state index in [0.29, 0.717) is 18.5 Å². The zero-order valence-electron chi connectivity index (χ0n) is 21.2. The summed E-state index contributed by atoms with van der Waals surface area (Å²) in [4.78, 5) is 14.7. The van der Waals surface area contributed by atoms with E-state index in [1.807, 2.05) is 11.0 Å². The third kappa shape index (κ3) is 8.77. The van der Waals surface area contributed by atoms with Crippen LogP contribution in [0.2, 0.25) is 0 Å². The molecule has 0 aromatic heterocycles. The molecule has 0 aliphatic carbocycles. The van der Waals surface area contributed by atoms with Gasteiger partial charge in [0.1, 0.15) is 11.5 Å². The maximum atomic E-state index is 11.9. The first-order chi connectivity index (χ1) is 15.7. The van der Waals surface area contributed by atoms with Gasteiger partial charge in [-0.3, -0.25) is 4.79 Å². The SMILES string of the molecule is CCCCCc1cc(O)c(C/C=C(\C)CCC=C(C)C)c(O)c1SC1CCCN(C(C)=O)C1. The Balaban J connectivity index is 2.26. The Morgan fingerprint density at radius 2 is 1.94 bits per heavy atom. The summed E-state index contributed by atoms with van der Waals surface area (Å²) in [7, 11) is 0. The van der Waals surface area contributed by atoms with Crippen LogP contribution in [0.3, 0.4) is 0 Å². The normalized spacial score (nSPS) is 16.7. The Bertz CT molecular complexity index is 855. The van der Waals surface area contributed by atoms with E-state index in [1.54, 1.807) is 18.7 Å². The zero-order chi connectivity index (χ0) is 24.4. The van der Waals surface area contributed by atoms with Gasteiger partial charge in [0, 0.05) is 30.8 Å². The molecule has 1 amide bonds. The first-order valence-corrected chi connectivity index (χ1v) is 13.4. The molecule has 2 N–H and O–H groups in total. The number of likely N-dealkylation sites (tertiary alicyclic amines) is 1. The third-order valence-electron chi connectivity index (χ3n) is 6.32. The minimum absolute atomic E-state index is 0.118. The summed E-state index contributed by atoms with van der Waals surface area (Å²) < 4.78 is 0. The van der Waals surface area contributed by atoms with Crippen LogP contribution in [0.1, 0.15) is 90.7 Å². The molecule has 1 aromatic rings. The number of hydrogen-bond donors (Lipinski definition) is 2. The van der Waals surface area contributed by atoms with Crippen molar-refractivity contribution < 1.29 is 15.0 Å². The largest absolute Gasteiger partial charge is 0.508 e. The number of aryl methyl sites for hydroxylation is 1. The fourth-order valence-corrected chi connectivity index (χ4v) is 5.69. The summed E-state index contributed by atoms with van der Waals surface area (Å²) in [5.41, 5.74) is 4.22. The first-order valence-electron chi connectivity index (χ1n) is 12.5. The summed E-state index contributed by atoms with van der Waals surface area (Å²) in [5, 5.41) is 22.3. The number of phenolic OH excluding ortho intramolecular Hbond substituents is 2. The van der Waals surface area contributed by atoms with Crippen LogP contribution < -0.4 is 0 Å². The lowest BCUT2D eigenvalue weighted by atomic mass is 10.00. The minimum atomic E-state index is 0.118. The summed E-state index contributed by atoms with van der Waals surface area (Å²) >= 11 is 1.69. The second-order valence-electron chi connectivity index (χ2n) is 9.59. The molecule has 2 rings (SSSR count). The maximum Gasteiger partial charge on any atom is 0.219 e. The molecule has 0 saturated carbocycles. The molecular weight excluding hydrogens is 430 g/mol. The highest BCUT2D eigenvalue weighted by Gasteiger charge is 2.26. The van der Waals surface area contributed by atoms with Crippen molar-refractivity contribution in [3.05, 3.63) is 40.5 Å². The number of carbonyl (C=O) groups excluding carboxylic acids is 1. The second-order valence-corrected chi connectivity index (χ2v) is 10.9. The molecule has 1 fully saturated rings. The van der Waals surface area contributed by atoms with E-state index < -0.39 is 0 Å². The molecule has 0 bridgehead atoms. The summed E-state index contributed by atoms with van der Waals surface area (Å²) in [6.45, 7) is 11.7. The molecule has 4 nitrogen and oxygen atoms in total. The van der Waals surface area contributed by atoms with Crippen LogP contribution >= 0.6 is 11.8 Å². The topological polar surface area (TPSA) is 60.8 Å². The van der Waals surface area contributed by atoms with Crippen molar-refractivity contribution in [3.8, 4) is 11.5 Å². The minimum Gasteiger partial charge on any atom is -0.508 e. The molecule has 184 valence electrons. The van der Waals surface area contributed by atoms with Crippen molar-refractivity contribution in [2.75, 3.05) is 13.1 Å². The Morgan fingerprint density at radius 1 is 1.18 bits per heavy atom. The molecule has 33 heavy (non-hydrogen) atoms. The van der Waals surface area contributed by atoms with Crippen LogP contribution in [0, 0.1) is 0 Å². The molecule has 1 aliphatic rings. The van der Waals surface area contributed by atoms with Crippen molar-refractivity contribution >= 4 is 17.7 Å². The average Bonchev–Trinajstić information content (AvgIpc) is 2.76. The lowest BCUT2D eigenvalue weighted by Gasteiger charge is -2.32. The van der Waals surface area contributed by atoms with Gasteiger partial charge in [-0.2, -0.15) is 0 Å². The van der Waals surface area contributed by atoms with Gasteiger partial charge < -0.3 is 15.1 Å². The van der Waals surface area contributed by atoms with Crippen LogP contribution in [-0.2, 0) is 17.6 Å². The summed E-state index contributed by atoms with van der Waals surface area (Å²) in [6, 6.07) is 1.87. The van der Waals surface area contributed by atoms with Gasteiger partial charge in [-0.1, -0.05) is 43.1 Å². The van der Waals surface area contributed by atoms with Gasteiger partial charge in [-0.15, -0.1) is 11.8 Å². The molecule has 1 unspecified atom stereocenters. The summed E-state index contributed by atoms with van der Waals surface area (Å²) in [6.07, 6.45) is 13.0. The van der Waals surface area contributed by atoms with Gasteiger partial charge in [-0.05, 0) is 77.3 Å². The van der Waals surface area contributed by atoms with E-state index in [4.69, 9.17) is 0 Å². The number of benzene rings is 1. The average molecular weight is 474 g/mol. The lowest BCUT2D eigenvalue weighted by molar-refractivity contribution is -0.129. The van der Waals surface area contributed by atoms with Crippen LogP contribution in [0.4, 0.5) is 0 Å². The Labute approximate surface area is 205 Å². The predicted octanol–water partition coefficient (Wildman–Crippen LogP) is 7.17. The number of unbranched alkanes of at least 4 members (excludes halogenated alkanes) is 2. The van der Waals surface area contributed by atoms with E-state index in [9.17, 15) is 15.0 Å². The van der Waals surface area contributed by atoms with Gasteiger partial charge in [0.15, 0.2) is 0 Å². The fraction of sp³-hybridized carbons (Fsp3) is 0.607. The monoisotopic (exact) mass is 473 g/mol. The number of phenols is 2. The number of hydrogen-bond acceptors (Lipinski definition) is 4. The van der Waals surface area contributed by atoms with E-state index in [0.717, 1.165) is 68.4 Å². The molecule has 0 spiro atoms. The van der Waals surface area contributed by atoms with Crippen LogP contribution in [0.15, 0.2) is 34.3 Å². The Morgan fingerprint density at radius 3 is 2.61 bits per heavy atom. The number of aromatic hydroxyl groups is 2. The Kier molecular flexibility index (Phi) is 11.4. The molecule has 5 heteroatoms. The number of amides is 1. The van der Waals surface area contributed by atoms with E-state index in [-0.39, 0.29) is 22.7 Å². The second kappa shape index (κ2) is 13.7. The molecular formula is C28H43NO3S. The standard InChI is InChI=1S/C28H43NO3S/c1-6-7-8-13-23-18-26(31)25(16-15-21(4)12-9-11-20(2)3)27(32)28(23)33-24-14-10-17-29(19-24)22(5)30/h11,15,18,24,31-32H,6-10,12-14,16-17,19H2,1-5H3/b21-15+. The van der Waals surface area contributed by atoms with Crippen LogP contribution in [0.5, 0.6) is 11.5 Å². The van der Waals surface area contributed by atoms with Crippen molar-refractivity contribution in [1.82, 2.24) is 4.90 Å². The molecule has 0 radical (unpaired) electrons. The van der Waals surface area contributed by atoms with Crippen molar-refractivity contribution in [1.29, 1.82) is 0 Å². The van der Waals surface area contributed by atoms with E-state index >= 15 is 0 Å². The third-order valence-corrected chi connectivity index (χ3v) is 7.73. The van der Waals surface area contributed by atoms with Gasteiger partial charge in [0.05, 0.1) is 4.90 Å². The van der Waals surface area contributed by atoms with Crippen molar-refractivity contribution in [3.63, 3.8) is 0 Å². The maximum absolute atomic E-state index is 11.9. The molecule has 1 aromatic carbocycles. The number of thioether (sulfide) groups is 1. The van der Waals surface area contributed by atoms with E-state index in [2.05, 4.69) is 39.8 Å². The van der Waals surface area contributed by atoms with Crippen molar-refractivity contribution in [2.45, 2.75) is 103 Å². The van der Waals surface area contributed by atoms with Crippen LogP contribution in [-0.4, -0.2) is 39.4 Å². The number of piperidine rings is 1. The lowest BCUT2D eigenvalue weighted by Crippen LogP contribution is -2.39. The van der Waals surface area contributed by atoms with Gasteiger partial charge in [0.25, 0.3) is 0 Å². The molecule has 1 atom stereocenters. The highest BCUT2D eigenvalue weighted by Crippen LogP contribution is 2.44. The predicted molar refractivity (Wildman–Crippen MR) is 140 cm³/mol. The Hall–Kier alpha value is -1.88. The van der Waals surface area contributed by atoms with Crippen LogP contribution in [0.25, 0.3) is 0 Å². The fourth-order valence-electron chi connectivity index (χ4n) is 4.27. The number of allylic oxidation sites excluding steroid dienone is 4. The van der Waals surface area contributed by atoms with Crippen molar-refractivity contribution in [2.24, 2.45) is 0 Å². The number of carbonyl (C=O) groups is 1. The molecule has 1 heterocycles. The molecule has 1 aliphatic heterocycles. The number of nitrogens with zero attached hydrogens (tertiary/aromatic N) is 1. The van der Waals surface area contributed by atoms with Gasteiger partial charge in [0.2, 0.25) is 5.91 Å². The number of rotatable bonds is 11. The summed E-state index contributed by atoms with van der Waals surface area (Å²) in [5.74, 6) is 0.526. The molecule has 1 saturated heterocycles. The zero-order valence-corrected chi connectivity index (χ0v) is 22.1. The van der Waals surface area contributed by atoms with E-state index in [1.165, 1.54) is 11.1 Å². The highest BCUT2D eigenvalue weighted by atomic mass is 32.2. The highest BCUT2D eigenvalue weighted by molar-refractivity contribution is 8.00. The van der Waals surface area contributed by atoms with Gasteiger partial charge >= 0.3 is 0 Å². The van der Waals surface area contributed by atoms with Gasteiger partial charge in [-0.25, -0.2) is 0 Å².